The number of rotatable bonds is 20. The fourth-order valence-electron chi connectivity index (χ4n) is 9.24. The van der Waals surface area contributed by atoms with Crippen molar-refractivity contribution >= 4 is 46.2 Å². The number of aliphatic hydroxyl groups excluding tert-OH is 1. The highest BCUT2D eigenvalue weighted by molar-refractivity contribution is 5.95. The van der Waals surface area contributed by atoms with Crippen molar-refractivity contribution in [1.29, 1.82) is 0 Å². The molecule has 17 nitrogen and oxygen atoms in total. The molecule has 4 heterocycles. The number of nitrogens with one attached hydrogen (secondary N) is 3. The topological polar surface area (TPSA) is 252 Å². The number of carbonyl (C=O) groups excluding carboxylic acids is 6. The van der Waals surface area contributed by atoms with E-state index >= 15 is 4.39 Å². The van der Waals surface area contributed by atoms with Gasteiger partial charge in [0.05, 0.1) is 67.8 Å². The molecule has 7 rings (SSSR count). The quantitative estimate of drug-likeness (QED) is 0.0604. The zero-order valence-corrected chi connectivity index (χ0v) is 36.5. The SMILES string of the molecule is CC[C@@]1(O)C(=O)OCc2c1cc1n(c2=O)Cc2c-1nc1cc(F)c(C)c3c1c2[C@@H](NC(=O)CN(CCO)CCCC(=O)CNC(=O)[C@@H](CC(=O)CNC(=O)CN)Cc1ccccc1)CC3. The van der Waals surface area contributed by atoms with Crippen molar-refractivity contribution in [2.75, 3.05) is 45.9 Å². The molecule has 2 aliphatic heterocycles. The molecule has 18 heteroatoms. The van der Waals surface area contributed by atoms with Crippen LogP contribution in [-0.4, -0.2) is 106 Å². The van der Waals surface area contributed by atoms with Crippen LogP contribution in [0, 0.1) is 18.7 Å². The summed E-state index contributed by atoms with van der Waals surface area (Å²) in [5, 5.41) is 30.2. The first kappa shape index (κ1) is 46.8. The lowest BCUT2D eigenvalue weighted by Crippen LogP contribution is -2.44. The fraction of sp³-hybridized carbons (Fsp3) is 0.447. The molecule has 0 spiro atoms. The van der Waals surface area contributed by atoms with E-state index in [1.807, 2.05) is 30.3 Å². The van der Waals surface area contributed by atoms with E-state index in [-0.39, 0.29) is 113 Å². The van der Waals surface area contributed by atoms with Crippen molar-refractivity contribution in [3.8, 4) is 11.4 Å². The number of amides is 3. The van der Waals surface area contributed by atoms with E-state index in [1.165, 1.54) is 10.6 Å². The number of nitrogens with two attached hydrogens (primary N) is 1. The lowest BCUT2D eigenvalue weighted by Gasteiger charge is -2.31. The monoisotopic (exact) mass is 895 g/mol. The number of ether oxygens (including phenoxy) is 1. The number of nitrogens with zero attached hydrogens (tertiary/aromatic N) is 3. The minimum atomic E-state index is -2.03. The number of cyclic esters (lactones) is 1. The highest BCUT2D eigenvalue weighted by atomic mass is 19.1. The van der Waals surface area contributed by atoms with E-state index in [1.54, 1.807) is 24.8 Å². The van der Waals surface area contributed by atoms with Gasteiger partial charge in [0.1, 0.15) is 12.4 Å². The molecule has 2 aromatic heterocycles. The molecular weight excluding hydrogens is 842 g/mol. The maximum Gasteiger partial charge on any atom is 0.343 e. The van der Waals surface area contributed by atoms with Crippen LogP contribution in [0.1, 0.15) is 84.0 Å². The second-order valence-corrected chi connectivity index (χ2v) is 16.9. The zero-order chi connectivity index (χ0) is 46.6. The van der Waals surface area contributed by atoms with Gasteiger partial charge < -0.3 is 41.2 Å². The number of fused-ring (bicyclic) bond motifs is 5. The molecule has 0 fully saturated rings. The predicted molar refractivity (Wildman–Crippen MR) is 235 cm³/mol. The van der Waals surface area contributed by atoms with Crippen LogP contribution in [0.25, 0.3) is 22.3 Å². The number of hydrogen-bond acceptors (Lipinski definition) is 13. The van der Waals surface area contributed by atoms with Crippen LogP contribution in [0.3, 0.4) is 0 Å². The van der Waals surface area contributed by atoms with Gasteiger partial charge in [-0.25, -0.2) is 14.2 Å². The molecule has 2 aromatic carbocycles. The lowest BCUT2D eigenvalue weighted by molar-refractivity contribution is -0.172. The Morgan fingerprint density at radius 2 is 1.78 bits per heavy atom. The first-order valence-electron chi connectivity index (χ1n) is 21.9. The molecule has 65 heavy (non-hydrogen) atoms. The third-order valence-electron chi connectivity index (χ3n) is 12.7. The van der Waals surface area contributed by atoms with E-state index in [9.17, 15) is 43.8 Å². The maximum atomic E-state index is 15.4. The Balaban J connectivity index is 1.02. The van der Waals surface area contributed by atoms with Gasteiger partial charge in [0.15, 0.2) is 17.2 Å². The summed E-state index contributed by atoms with van der Waals surface area (Å²) in [5.41, 5.74) is 7.64. The van der Waals surface area contributed by atoms with Crippen molar-refractivity contribution in [3.63, 3.8) is 0 Å². The van der Waals surface area contributed by atoms with Crippen LogP contribution >= 0.6 is 0 Å². The van der Waals surface area contributed by atoms with E-state index in [0.717, 1.165) is 11.1 Å². The van der Waals surface area contributed by atoms with Crippen LogP contribution in [0.2, 0.25) is 0 Å². The summed E-state index contributed by atoms with van der Waals surface area (Å²) in [6.07, 6.45) is 1.29. The largest absolute Gasteiger partial charge is 0.458 e. The Morgan fingerprint density at radius 3 is 2.51 bits per heavy atom. The van der Waals surface area contributed by atoms with Gasteiger partial charge in [-0.15, -0.1) is 0 Å². The van der Waals surface area contributed by atoms with E-state index < -0.39 is 46.7 Å². The maximum absolute atomic E-state index is 15.4. The Morgan fingerprint density at radius 1 is 1.03 bits per heavy atom. The number of aliphatic hydroxyl groups is 2. The van der Waals surface area contributed by atoms with Gasteiger partial charge in [0.2, 0.25) is 17.7 Å². The Bertz CT molecular complexity index is 2620. The van der Waals surface area contributed by atoms with E-state index in [4.69, 9.17) is 15.5 Å². The summed E-state index contributed by atoms with van der Waals surface area (Å²) in [7, 11) is 0. The van der Waals surface area contributed by atoms with Crippen molar-refractivity contribution in [2.45, 2.75) is 83.6 Å². The molecule has 0 unspecified atom stereocenters. The van der Waals surface area contributed by atoms with Gasteiger partial charge in [-0.05, 0) is 73.9 Å². The summed E-state index contributed by atoms with van der Waals surface area (Å²) < 4.78 is 22.1. The number of carbonyl (C=O) groups is 6. The average molecular weight is 896 g/mol. The number of ketones is 2. The molecule has 4 aromatic rings. The summed E-state index contributed by atoms with van der Waals surface area (Å²) in [6, 6.07) is 11.5. The van der Waals surface area contributed by atoms with Crippen LogP contribution < -0.4 is 27.2 Å². The number of aromatic nitrogens is 2. The summed E-state index contributed by atoms with van der Waals surface area (Å²) in [4.78, 5) is 97.6. The molecule has 3 atom stereocenters. The molecule has 3 amide bonds. The Kier molecular flexibility index (Phi) is 14.3. The molecule has 0 bridgehead atoms. The number of esters is 1. The Labute approximate surface area is 373 Å². The average Bonchev–Trinajstić information content (AvgIpc) is 3.66. The minimum absolute atomic E-state index is 0.0317. The second kappa shape index (κ2) is 19.9. The number of halogens is 1. The number of pyridine rings is 2. The van der Waals surface area contributed by atoms with Crippen molar-refractivity contribution in [3.05, 3.63) is 97.6 Å². The standard InChI is InChI=1S/C47H54FN7O10/c1-3-47(64)34-18-38-43-32(23-55(38)45(62)33(34)25-65-46(47)63)42-36(12-11-31-26(2)35(48)19-37(53-43)41(31)42)52-40(60)24-54(14-15-56)13-7-10-29(57)21-51-44(61)28(16-27-8-5-4-6-9-27)17-30(58)22-50-39(59)20-49/h4-6,8-9,18-19,28,36,56,64H,3,7,10-17,20-25,49H2,1-2H3,(H,50,59)(H,51,61)(H,52,60)/t28-,36+,47+/m1/s1. The molecule has 0 radical (unpaired) electrons. The first-order valence-corrected chi connectivity index (χ1v) is 21.9. The van der Waals surface area contributed by atoms with Gasteiger partial charge in [-0.1, -0.05) is 37.3 Å². The zero-order valence-electron chi connectivity index (χ0n) is 36.5. The van der Waals surface area contributed by atoms with Gasteiger partial charge in [0.25, 0.3) is 5.56 Å². The molecule has 3 aliphatic rings. The molecule has 0 saturated carbocycles. The summed E-state index contributed by atoms with van der Waals surface area (Å²) >= 11 is 0. The minimum Gasteiger partial charge on any atom is -0.458 e. The van der Waals surface area contributed by atoms with Crippen molar-refractivity contribution < 1.29 is 48.1 Å². The number of Topliss-reactive ketones (excluding diaryl/α,β-unsaturated/α-hetero) is 2. The summed E-state index contributed by atoms with van der Waals surface area (Å²) in [6.45, 7) is 2.32. The molecule has 1 aliphatic carbocycles. The summed E-state index contributed by atoms with van der Waals surface area (Å²) in [5.74, 6) is -4.05. The van der Waals surface area contributed by atoms with Crippen LogP contribution in [0.5, 0.6) is 0 Å². The van der Waals surface area contributed by atoms with Gasteiger partial charge in [0, 0.05) is 47.9 Å². The highest BCUT2D eigenvalue weighted by Gasteiger charge is 2.46. The lowest BCUT2D eigenvalue weighted by atomic mass is 9.81. The van der Waals surface area contributed by atoms with Gasteiger partial charge in [-0.3, -0.25) is 33.7 Å². The molecular formula is C47H54FN7O10. The molecule has 0 saturated heterocycles. The van der Waals surface area contributed by atoms with Gasteiger partial charge >= 0.3 is 5.97 Å². The van der Waals surface area contributed by atoms with E-state index in [2.05, 4.69) is 16.0 Å². The van der Waals surface area contributed by atoms with Crippen molar-refractivity contribution in [2.24, 2.45) is 11.7 Å². The third-order valence-corrected chi connectivity index (χ3v) is 12.7. The van der Waals surface area contributed by atoms with Crippen LogP contribution in [0.15, 0.2) is 47.3 Å². The third kappa shape index (κ3) is 9.76. The van der Waals surface area contributed by atoms with Crippen LogP contribution in [0.4, 0.5) is 4.39 Å². The van der Waals surface area contributed by atoms with E-state index in [0.29, 0.717) is 58.2 Å². The normalized spacial score (nSPS) is 17.5. The predicted octanol–water partition coefficient (Wildman–Crippen LogP) is 1.28. The second-order valence-electron chi connectivity index (χ2n) is 16.9. The van der Waals surface area contributed by atoms with Gasteiger partial charge in [-0.2, -0.15) is 0 Å². The van der Waals surface area contributed by atoms with Crippen LogP contribution in [-0.2, 0) is 65.1 Å². The Hall–Kier alpha value is -6.21. The molecule has 7 N–H and O–H groups in total. The number of benzene rings is 2. The smallest absolute Gasteiger partial charge is 0.343 e. The number of hydrogen-bond donors (Lipinski definition) is 6. The highest BCUT2D eigenvalue weighted by Crippen LogP contribution is 2.46. The molecule has 344 valence electrons. The number of aryl methyl sites for hydroxylation is 1. The first-order chi connectivity index (χ1) is 31.2. The fourth-order valence-corrected chi connectivity index (χ4v) is 9.24. The van der Waals surface area contributed by atoms with Crippen molar-refractivity contribution in [1.82, 2.24) is 30.4 Å².